The molecule has 0 spiro atoms. The van der Waals surface area contributed by atoms with Gasteiger partial charge in [0.1, 0.15) is 11.0 Å². The van der Waals surface area contributed by atoms with Gasteiger partial charge >= 0.3 is 11.9 Å². The van der Waals surface area contributed by atoms with E-state index < -0.39 is 30.5 Å². The minimum atomic E-state index is -0.799. The van der Waals surface area contributed by atoms with Crippen LogP contribution >= 0.6 is 23.1 Å². The number of hydrogen-bond donors (Lipinski definition) is 2. The molecule has 0 aromatic carbocycles. The van der Waals surface area contributed by atoms with Gasteiger partial charge in [0, 0.05) is 11.8 Å². The lowest BCUT2D eigenvalue weighted by Gasteiger charge is -2.16. The van der Waals surface area contributed by atoms with Gasteiger partial charge in [0.25, 0.3) is 5.91 Å². The fourth-order valence-electron chi connectivity index (χ4n) is 3.20. The Labute approximate surface area is 184 Å². The van der Waals surface area contributed by atoms with Crippen molar-refractivity contribution in [2.24, 2.45) is 0 Å². The van der Waals surface area contributed by atoms with E-state index in [-0.39, 0.29) is 12.5 Å². The fourth-order valence-corrected chi connectivity index (χ4v) is 4.97. The molecule has 0 unspecified atom stereocenters. The van der Waals surface area contributed by atoms with Crippen LogP contribution in [0.15, 0.2) is 0 Å². The highest BCUT2D eigenvalue weighted by Crippen LogP contribution is 2.38. The van der Waals surface area contributed by atoms with Crippen molar-refractivity contribution in [1.29, 1.82) is 0 Å². The molecule has 0 bridgehead atoms. The number of thioether (sulfide) groups is 1. The van der Waals surface area contributed by atoms with E-state index in [9.17, 15) is 19.2 Å². The number of esters is 2. The first kappa shape index (κ1) is 24.2. The summed E-state index contributed by atoms with van der Waals surface area (Å²) >= 11 is 2.91. The van der Waals surface area contributed by atoms with Crippen molar-refractivity contribution in [3.63, 3.8) is 0 Å². The zero-order chi connectivity index (χ0) is 22.1. The van der Waals surface area contributed by atoms with Gasteiger partial charge in [-0.25, -0.2) is 9.59 Å². The Hall–Kier alpha value is -2.07. The first-order valence-electron chi connectivity index (χ1n) is 9.91. The van der Waals surface area contributed by atoms with E-state index in [4.69, 9.17) is 9.47 Å². The number of rotatable bonds is 10. The molecule has 0 fully saturated rings. The van der Waals surface area contributed by atoms with Crippen LogP contribution in [0.4, 0.5) is 5.00 Å². The number of nitrogens with one attached hydrogen (secondary N) is 2. The predicted molar refractivity (Wildman–Crippen MR) is 117 cm³/mol. The Morgan fingerprint density at radius 2 is 1.90 bits per heavy atom. The number of amides is 2. The standard InChI is InChI=1S/C20H28N2O6S2/c1-4-27-20(26)17-13-7-5-6-8-15(13)30-18(17)22-16(24)11-28-19(25)14(9-10-29-3)21-12(2)23/h14H,4-11H2,1-3H3,(H,21,23)(H,22,24)/t14-/m1/s1. The molecule has 166 valence electrons. The van der Waals surface area contributed by atoms with Crippen molar-refractivity contribution in [3.05, 3.63) is 16.0 Å². The van der Waals surface area contributed by atoms with Crippen molar-refractivity contribution in [3.8, 4) is 0 Å². The second kappa shape index (κ2) is 11.9. The van der Waals surface area contributed by atoms with Gasteiger partial charge in [0.15, 0.2) is 6.61 Å². The van der Waals surface area contributed by atoms with Gasteiger partial charge in [0.2, 0.25) is 5.91 Å². The van der Waals surface area contributed by atoms with Crippen LogP contribution in [0, 0.1) is 0 Å². The first-order valence-corrected chi connectivity index (χ1v) is 12.1. The molecule has 1 aromatic rings. The summed E-state index contributed by atoms with van der Waals surface area (Å²) in [6.45, 7) is 2.80. The topological polar surface area (TPSA) is 111 Å². The summed E-state index contributed by atoms with van der Waals surface area (Å²) in [4.78, 5) is 49.5. The number of fused-ring (bicyclic) bond motifs is 1. The average Bonchev–Trinajstić information content (AvgIpc) is 3.06. The van der Waals surface area contributed by atoms with Crippen LogP contribution < -0.4 is 10.6 Å². The Kier molecular flexibility index (Phi) is 9.64. The van der Waals surface area contributed by atoms with Crippen LogP contribution in [-0.2, 0) is 36.7 Å². The molecule has 0 saturated carbocycles. The zero-order valence-corrected chi connectivity index (χ0v) is 19.1. The summed E-state index contributed by atoms with van der Waals surface area (Å²) in [6.07, 6.45) is 5.98. The van der Waals surface area contributed by atoms with Crippen LogP contribution in [0.3, 0.4) is 0 Å². The van der Waals surface area contributed by atoms with E-state index in [1.165, 1.54) is 18.3 Å². The van der Waals surface area contributed by atoms with Gasteiger partial charge in [-0.2, -0.15) is 11.8 Å². The quantitative estimate of drug-likeness (QED) is 0.521. The maximum atomic E-state index is 12.4. The number of thiophene rings is 1. The molecule has 8 nitrogen and oxygen atoms in total. The van der Waals surface area contributed by atoms with Crippen LogP contribution in [0.2, 0.25) is 0 Å². The van der Waals surface area contributed by atoms with Gasteiger partial charge in [-0.05, 0) is 56.6 Å². The summed E-state index contributed by atoms with van der Waals surface area (Å²) in [5.74, 6) is -1.34. The van der Waals surface area contributed by atoms with E-state index in [0.717, 1.165) is 36.1 Å². The number of carbonyl (C=O) groups is 4. The lowest BCUT2D eigenvalue weighted by atomic mass is 9.95. The Balaban J connectivity index is 2.03. The largest absolute Gasteiger partial charge is 0.462 e. The molecule has 0 saturated heterocycles. The molecular weight excluding hydrogens is 428 g/mol. The second-order valence-corrected chi connectivity index (χ2v) is 8.92. The van der Waals surface area contributed by atoms with Gasteiger partial charge in [-0.1, -0.05) is 0 Å². The summed E-state index contributed by atoms with van der Waals surface area (Å²) in [6, 6.07) is -0.799. The van der Waals surface area contributed by atoms with Gasteiger partial charge in [0.05, 0.1) is 12.2 Å². The van der Waals surface area contributed by atoms with E-state index >= 15 is 0 Å². The van der Waals surface area contributed by atoms with Gasteiger partial charge < -0.3 is 20.1 Å². The predicted octanol–water partition coefficient (Wildman–Crippen LogP) is 2.54. The second-order valence-electron chi connectivity index (χ2n) is 6.83. The minimum Gasteiger partial charge on any atom is -0.462 e. The lowest BCUT2D eigenvalue weighted by molar-refractivity contribution is -0.150. The highest BCUT2D eigenvalue weighted by molar-refractivity contribution is 7.98. The first-order chi connectivity index (χ1) is 14.4. The monoisotopic (exact) mass is 456 g/mol. The highest BCUT2D eigenvalue weighted by Gasteiger charge is 2.28. The Bertz CT molecular complexity index is 793. The molecule has 30 heavy (non-hydrogen) atoms. The average molecular weight is 457 g/mol. The van der Waals surface area contributed by atoms with Crippen molar-refractivity contribution in [2.75, 3.05) is 30.5 Å². The molecule has 1 aromatic heterocycles. The van der Waals surface area contributed by atoms with Crippen molar-refractivity contribution >= 4 is 51.9 Å². The normalized spacial score (nSPS) is 13.7. The van der Waals surface area contributed by atoms with E-state index in [2.05, 4.69) is 10.6 Å². The molecule has 1 aliphatic rings. The number of anilines is 1. The molecule has 10 heteroatoms. The lowest BCUT2D eigenvalue weighted by Crippen LogP contribution is -2.42. The highest BCUT2D eigenvalue weighted by atomic mass is 32.2. The maximum absolute atomic E-state index is 12.4. The van der Waals surface area contributed by atoms with Crippen molar-refractivity contribution in [1.82, 2.24) is 5.32 Å². The smallest absolute Gasteiger partial charge is 0.341 e. The van der Waals surface area contributed by atoms with Gasteiger partial charge in [-0.3, -0.25) is 9.59 Å². The summed E-state index contributed by atoms with van der Waals surface area (Å²) in [5.41, 5.74) is 1.35. The third kappa shape index (κ3) is 6.73. The van der Waals surface area contributed by atoms with Crippen LogP contribution in [0.5, 0.6) is 0 Å². The third-order valence-corrected chi connectivity index (χ3v) is 6.37. The molecular formula is C20H28N2O6S2. The molecule has 1 atom stereocenters. The SMILES string of the molecule is CCOC(=O)c1c(NC(=O)COC(=O)[C@@H](CCSC)NC(C)=O)sc2c1CCCC2. The summed E-state index contributed by atoms with van der Waals surface area (Å²) in [5, 5.41) is 5.67. The van der Waals surface area contributed by atoms with Crippen LogP contribution in [-0.4, -0.2) is 55.0 Å². The zero-order valence-electron chi connectivity index (χ0n) is 17.5. The molecule has 1 heterocycles. The molecule has 0 radical (unpaired) electrons. The Morgan fingerprint density at radius 1 is 1.17 bits per heavy atom. The third-order valence-electron chi connectivity index (χ3n) is 4.52. The van der Waals surface area contributed by atoms with E-state index in [1.807, 2.05) is 6.26 Å². The van der Waals surface area contributed by atoms with Crippen molar-refractivity contribution < 1.29 is 28.7 Å². The van der Waals surface area contributed by atoms with Crippen LogP contribution in [0.1, 0.15) is 53.9 Å². The number of ether oxygens (including phenoxy) is 2. The molecule has 2 N–H and O–H groups in total. The summed E-state index contributed by atoms with van der Waals surface area (Å²) in [7, 11) is 0. The number of aryl methyl sites for hydroxylation is 1. The van der Waals surface area contributed by atoms with E-state index in [1.54, 1.807) is 18.7 Å². The van der Waals surface area contributed by atoms with Gasteiger partial charge in [-0.15, -0.1) is 11.3 Å². The molecule has 1 aliphatic carbocycles. The van der Waals surface area contributed by atoms with Crippen molar-refractivity contribution in [2.45, 2.75) is 52.0 Å². The molecule has 0 aliphatic heterocycles. The van der Waals surface area contributed by atoms with E-state index in [0.29, 0.717) is 22.7 Å². The maximum Gasteiger partial charge on any atom is 0.341 e. The van der Waals surface area contributed by atoms with Crippen LogP contribution in [0.25, 0.3) is 0 Å². The molecule has 2 rings (SSSR count). The molecule has 2 amide bonds. The summed E-state index contributed by atoms with van der Waals surface area (Å²) < 4.78 is 10.3. The number of carbonyl (C=O) groups excluding carboxylic acids is 4. The Morgan fingerprint density at radius 3 is 2.57 bits per heavy atom. The minimum absolute atomic E-state index is 0.245. The number of hydrogen-bond acceptors (Lipinski definition) is 8. The fraction of sp³-hybridized carbons (Fsp3) is 0.600.